The van der Waals surface area contributed by atoms with Crippen LogP contribution in [-0.4, -0.2) is 41.3 Å². The number of para-hydroxylation sites is 1. The van der Waals surface area contributed by atoms with Gasteiger partial charge in [-0.2, -0.15) is 5.26 Å². The Balaban J connectivity index is 1.65. The van der Waals surface area contributed by atoms with Crippen molar-refractivity contribution in [2.24, 2.45) is 0 Å². The van der Waals surface area contributed by atoms with Crippen molar-refractivity contribution < 1.29 is 4.74 Å². The molecule has 0 saturated carbocycles. The maximum absolute atomic E-state index is 9.72. The molecule has 1 N–H and O–H groups in total. The van der Waals surface area contributed by atoms with E-state index in [1.807, 2.05) is 56.3 Å². The van der Waals surface area contributed by atoms with Crippen LogP contribution in [0.2, 0.25) is 0 Å². The highest BCUT2D eigenvalue weighted by Crippen LogP contribution is 2.35. The molecule has 1 aliphatic rings. The fourth-order valence-corrected chi connectivity index (χ4v) is 4.14. The summed E-state index contributed by atoms with van der Waals surface area (Å²) in [7, 11) is 0. The van der Waals surface area contributed by atoms with Crippen LogP contribution in [-0.2, 0) is 4.74 Å². The van der Waals surface area contributed by atoms with Crippen molar-refractivity contribution >= 4 is 28.2 Å². The van der Waals surface area contributed by atoms with E-state index in [2.05, 4.69) is 21.3 Å². The number of pyridine rings is 3. The van der Waals surface area contributed by atoms with Crippen molar-refractivity contribution in [2.75, 3.05) is 36.5 Å². The molecule has 4 heterocycles. The van der Waals surface area contributed by atoms with Crippen molar-refractivity contribution in [3.05, 3.63) is 71.4 Å². The van der Waals surface area contributed by atoms with Crippen LogP contribution in [0.4, 0.5) is 17.3 Å². The molecule has 7 heteroatoms. The molecule has 4 aromatic rings. The SMILES string of the molecule is Cc1ccnc(-c2nc3c(C#N)cccc3c(Nc3cccc(N4CCOCC4)n3)c2C)c1. The standard InChI is InChI=1S/C26H24N6O/c1-17-9-10-28-21(15-17)25-18(2)24(20-6-3-5-19(16-27)26(20)31-25)30-22-7-4-8-23(29-22)32-11-13-33-14-12-32/h3-10,15H,11-14H2,1-2H3,(H,29,30,31). The van der Waals surface area contributed by atoms with Gasteiger partial charge in [0.05, 0.1) is 41.4 Å². The lowest BCUT2D eigenvalue weighted by atomic mass is 10.0. The molecule has 164 valence electrons. The fraction of sp³-hybridized carbons (Fsp3) is 0.231. The normalized spacial score (nSPS) is 13.7. The van der Waals surface area contributed by atoms with Gasteiger partial charge in [-0.1, -0.05) is 18.2 Å². The van der Waals surface area contributed by atoms with Gasteiger partial charge in [0.25, 0.3) is 0 Å². The maximum atomic E-state index is 9.72. The molecule has 0 bridgehead atoms. The maximum Gasteiger partial charge on any atom is 0.132 e. The molecule has 0 aliphatic carbocycles. The summed E-state index contributed by atoms with van der Waals surface area (Å²) in [6.07, 6.45) is 1.78. The molecule has 1 fully saturated rings. The highest BCUT2D eigenvalue weighted by atomic mass is 16.5. The topological polar surface area (TPSA) is 87.0 Å². The van der Waals surface area contributed by atoms with Crippen molar-refractivity contribution in [1.82, 2.24) is 15.0 Å². The number of aromatic nitrogens is 3. The summed E-state index contributed by atoms with van der Waals surface area (Å²) in [6, 6.07) is 17.9. The first-order valence-electron chi connectivity index (χ1n) is 11.0. The van der Waals surface area contributed by atoms with Crippen molar-refractivity contribution in [3.8, 4) is 17.5 Å². The molecule has 0 atom stereocenters. The second kappa shape index (κ2) is 8.85. The van der Waals surface area contributed by atoms with E-state index >= 15 is 0 Å². The Morgan fingerprint density at radius 3 is 2.64 bits per heavy atom. The fourth-order valence-electron chi connectivity index (χ4n) is 4.14. The monoisotopic (exact) mass is 436 g/mol. The number of nitriles is 1. The highest BCUT2D eigenvalue weighted by Gasteiger charge is 2.18. The molecular formula is C26H24N6O. The van der Waals surface area contributed by atoms with Crippen LogP contribution in [0.5, 0.6) is 0 Å². The number of nitrogens with one attached hydrogen (secondary N) is 1. The van der Waals surface area contributed by atoms with Gasteiger partial charge >= 0.3 is 0 Å². The summed E-state index contributed by atoms with van der Waals surface area (Å²) >= 11 is 0. The summed E-state index contributed by atoms with van der Waals surface area (Å²) in [5, 5.41) is 14.1. The van der Waals surface area contributed by atoms with Crippen molar-refractivity contribution in [3.63, 3.8) is 0 Å². The molecule has 33 heavy (non-hydrogen) atoms. The lowest BCUT2D eigenvalue weighted by Crippen LogP contribution is -2.36. The molecule has 3 aromatic heterocycles. The summed E-state index contributed by atoms with van der Waals surface area (Å²) in [5.74, 6) is 1.65. The number of nitrogens with zero attached hydrogens (tertiary/aromatic N) is 5. The van der Waals surface area contributed by atoms with Crippen LogP contribution in [0.15, 0.2) is 54.7 Å². The third kappa shape index (κ3) is 4.09. The van der Waals surface area contributed by atoms with Crippen LogP contribution in [0.3, 0.4) is 0 Å². The van der Waals surface area contributed by atoms with Crippen molar-refractivity contribution in [1.29, 1.82) is 5.26 Å². The summed E-state index contributed by atoms with van der Waals surface area (Å²) < 4.78 is 5.47. The Morgan fingerprint density at radius 2 is 1.85 bits per heavy atom. The van der Waals surface area contributed by atoms with E-state index in [4.69, 9.17) is 14.7 Å². The molecule has 1 saturated heterocycles. The number of aryl methyl sites for hydroxylation is 1. The average molecular weight is 437 g/mol. The molecule has 0 unspecified atom stereocenters. The number of morpholine rings is 1. The Bertz CT molecular complexity index is 1370. The molecule has 7 nitrogen and oxygen atoms in total. The number of anilines is 3. The number of fused-ring (bicyclic) bond motifs is 1. The molecule has 0 amide bonds. The molecule has 1 aliphatic heterocycles. The van der Waals surface area contributed by atoms with Crippen LogP contribution in [0.25, 0.3) is 22.3 Å². The van der Waals surface area contributed by atoms with Gasteiger partial charge < -0.3 is 15.0 Å². The second-order valence-corrected chi connectivity index (χ2v) is 8.10. The highest BCUT2D eigenvalue weighted by molar-refractivity contribution is 5.99. The lowest BCUT2D eigenvalue weighted by molar-refractivity contribution is 0.122. The number of ether oxygens (including phenoxy) is 1. The Hall–Kier alpha value is -4.02. The first-order valence-corrected chi connectivity index (χ1v) is 11.0. The van der Waals surface area contributed by atoms with Crippen molar-refractivity contribution in [2.45, 2.75) is 13.8 Å². The van der Waals surface area contributed by atoms with E-state index < -0.39 is 0 Å². The zero-order valence-electron chi connectivity index (χ0n) is 18.7. The van der Waals surface area contributed by atoms with Crippen LogP contribution < -0.4 is 10.2 Å². The zero-order chi connectivity index (χ0) is 22.8. The third-order valence-electron chi connectivity index (χ3n) is 5.86. The Kier molecular flexibility index (Phi) is 5.59. The van der Waals surface area contributed by atoms with E-state index in [0.717, 1.165) is 58.3 Å². The van der Waals surface area contributed by atoms with E-state index in [1.54, 1.807) is 12.3 Å². The third-order valence-corrected chi connectivity index (χ3v) is 5.86. The largest absolute Gasteiger partial charge is 0.378 e. The first-order chi connectivity index (χ1) is 16.1. The van der Waals surface area contributed by atoms with Crippen LogP contribution in [0.1, 0.15) is 16.7 Å². The summed E-state index contributed by atoms with van der Waals surface area (Å²) in [5.41, 5.74) is 5.64. The predicted molar refractivity (Wildman–Crippen MR) is 130 cm³/mol. The summed E-state index contributed by atoms with van der Waals surface area (Å²) in [4.78, 5) is 16.5. The van der Waals surface area contributed by atoms with Gasteiger partial charge in [-0.25, -0.2) is 9.97 Å². The van der Waals surface area contributed by atoms with Gasteiger partial charge in [0, 0.05) is 30.2 Å². The quantitative estimate of drug-likeness (QED) is 0.493. The minimum absolute atomic E-state index is 0.527. The van der Waals surface area contributed by atoms with Gasteiger partial charge in [-0.3, -0.25) is 4.98 Å². The minimum atomic E-state index is 0.527. The lowest BCUT2D eigenvalue weighted by Gasteiger charge is -2.28. The van der Waals surface area contributed by atoms with Gasteiger partial charge in [0.2, 0.25) is 0 Å². The van der Waals surface area contributed by atoms with E-state index in [9.17, 15) is 5.26 Å². The Morgan fingerprint density at radius 1 is 1.03 bits per heavy atom. The van der Waals surface area contributed by atoms with E-state index in [1.165, 1.54) is 0 Å². The van der Waals surface area contributed by atoms with E-state index in [-0.39, 0.29) is 0 Å². The van der Waals surface area contributed by atoms with Crippen LogP contribution >= 0.6 is 0 Å². The van der Waals surface area contributed by atoms with Gasteiger partial charge in [-0.05, 0) is 49.7 Å². The Labute approximate surface area is 192 Å². The van der Waals surface area contributed by atoms with Gasteiger partial charge in [0.1, 0.15) is 17.7 Å². The van der Waals surface area contributed by atoms with E-state index in [0.29, 0.717) is 24.3 Å². The minimum Gasteiger partial charge on any atom is -0.378 e. The van der Waals surface area contributed by atoms with Gasteiger partial charge in [-0.15, -0.1) is 0 Å². The number of hydrogen-bond acceptors (Lipinski definition) is 7. The van der Waals surface area contributed by atoms with Crippen LogP contribution in [0, 0.1) is 25.2 Å². The number of hydrogen-bond donors (Lipinski definition) is 1. The predicted octanol–water partition coefficient (Wildman–Crippen LogP) is 4.76. The molecule has 1 aromatic carbocycles. The molecular weight excluding hydrogens is 412 g/mol. The number of benzene rings is 1. The first kappa shape index (κ1) is 20.9. The number of rotatable bonds is 4. The molecule has 5 rings (SSSR count). The summed E-state index contributed by atoms with van der Waals surface area (Å²) in [6.45, 7) is 7.11. The smallest absolute Gasteiger partial charge is 0.132 e. The average Bonchev–Trinajstić information content (AvgIpc) is 2.86. The second-order valence-electron chi connectivity index (χ2n) is 8.10. The molecule has 0 spiro atoms. The zero-order valence-corrected chi connectivity index (χ0v) is 18.7. The molecule has 0 radical (unpaired) electrons. The van der Waals surface area contributed by atoms with Gasteiger partial charge in [0.15, 0.2) is 0 Å².